The number of rotatable bonds is 4. The van der Waals surface area contributed by atoms with Gasteiger partial charge in [-0.15, -0.1) is 0 Å². The number of aliphatic hydroxyl groups is 1. The summed E-state index contributed by atoms with van der Waals surface area (Å²) >= 11 is 6.02. The summed E-state index contributed by atoms with van der Waals surface area (Å²) in [7, 11) is 1.59. The van der Waals surface area contributed by atoms with E-state index in [1.807, 2.05) is 0 Å². The largest absolute Gasteiger partial charge is 0.390 e. The van der Waals surface area contributed by atoms with Crippen molar-refractivity contribution in [2.24, 2.45) is 0 Å². The predicted molar refractivity (Wildman–Crippen MR) is 70.9 cm³/mol. The summed E-state index contributed by atoms with van der Waals surface area (Å²) in [4.78, 5) is 0. The summed E-state index contributed by atoms with van der Waals surface area (Å²) < 4.78 is 24.0. The van der Waals surface area contributed by atoms with Crippen molar-refractivity contribution in [2.45, 2.75) is 31.0 Å². The van der Waals surface area contributed by atoms with Crippen molar-refractivity contribution in [1.29, 1.82) is 0 Å². The molecule has 106 valence electrons. The van der Waals surface area contributed by atoms with Crippen LogP contribution in [0.25, 0.3) is 0 Å². The van der Waals surface area contributed by atoms with Gasteiger partial charge in [0.05, 0.1) is 11.7 Å². The molecule has 1 aromatic carbocycles. The Balaban J connectivity index is 2.14. The average Bonchev–Trinajstić information content (AvgIpc) is 2.43. The number of hydrogen-bond donors (Lipinski definition) is 1. The second-order valence-corrected chi connectivity index (χ2v) is 5.24. The molecular formula is C14H18ClFO3. The SMILES string of the molecule is COC1(C(O)Cc2cc(F)ccc2Cl)CCOCC1. The molecule has 3 nitrogen and oxygen atoms in total. The van der Waals surface area contributed by atoms with Crippen molar-refractivity contribution in [3.8, 4) is 0 Å². The first-order valence-electron chi connectivity index (χ1n) is 6.32. The smallest absolute Gasteiger partial charge is 0.123 e. The number of aliphatic hydroxyl groups excluding tert-OH is 1. The van der Waals surface area contributed by atoms with Crippen molar-refractivity contribution in [3.63, 3.8) is 0 Å². The number of benzene rings is 1. The predicted octanol–water partition coefficient (Wildman–Crippen LogP) is 2.58. The molecule has 1 fully saturated rings. The van der Waals surface area contributed by atoms with Gasteiger partial charge < -0.3 is 14.6 Å². The van der Waals surface area contributed by atoms with Gasteiger partial charge in [-0.1, -0.05) is 11.6 Å². The first-order valence-corrected chi connectivity index (χ1v) is 6.70. The van der Waals surface area contributed by atoms with E-state index < -0.39 is 11.7 Å². The molecule has 1 unspecified atom stereocenters. The lowest BCUT2D eigenvalue weighted by molar-refractivity contribution is -0.151. The molecule has 1 aromatic rings. The van der Waals surface area contributed by atoms with E-state index in [2.05, 4.69) is 0 Å². The average molecular weight is 289 g/mol. The van der Waals surface area contributed by atoms with Gasteiger partial charge in [0, 0.05) is 44.6 Å². The third kappa shape index (κ3) is 3.26. The lowest BCUT2D eigenvalue weighted by atomic mass is 9.84. The molecule has 1 saturated heterocycles. The summed E-state index contributed by atoms with van der Waals surface area (Å²) in [6.45, 7) is 1.11. The van der Waals surface area contributed by atoms with E-state index in [9.17, 15) is 9.50 Å². The van der Waals surface area contributed by atoms with Crippen molar-refractivity contribution >= 4 is 11.6 Å². The van der Waals surface area contributed by atoms with E-state index in [0.29, 0.717) is 36.6 Å². The Kier molecular flexibility index (Phi) is 4.79. The normalized spacial score (nSPS) is 20.2. The topological polar surface area (TPSA) is 38.7 Å². The minimum atomic E-state index is -0.735. The first kappa shape index (κ1) is 14.7. The zero-order valence-corrected chi connectivity index (χ0v) is 11.6. The third-order valence-corrected chi connectivity index (χ3v) is 4.14. The fourth-order valence-corrected chi connectivity index (χ4v) is 2.68. The highest BCUT2D eigenvalue weighted by Gasteiger charge is 2.39. The molecule has 19 heavy (non-hydrogen) atoms. The lowest BCUT2D eigenvalue weighted by Gasteiger charge is -2.39. The molecule has 1 N–H and O–H groups in total. The van der Waals surface area contributed by atoms with E-state index in [0.717, 1.165) is 0 Å². The maximum atomic E-state index is 13.2. The van der Waals surface area contributed by atoms with Crippen LogP contribution < -0.4 is 0 Å². The van der Waals surface area contributed by atoms with Gasteiger partial charge >= 0.3 is 0 Å². The van der Waals surface area contributed by atoms with Crippen LogP contribution in [0.3, 0.4) is 0 Å². The number of halogens is 2. The fraction of sp³-hybridized carbons (Fsp3) is 0.571. The van der Waals surface area contributed by atoms with Gasteiger partial charge in [-0.2, -0.15) is 0 Å². The molecule has 0 saturated carbocycles. The molecular weight excluding hydrogens is 271 g/mol. The Labute approximate surface area is 117 Å². The Hall–Kier alpha value is -0.680. The molecule has 1 heterocycles. The summed E-state index contributed by atoms with van der Waals surface area (Å²) in [6, 6.07) is 4.16. The molecule has 0 amide bonds. The van der Waals surface area contributed by atoms with Gasteiger partial charge in [0.2, 0.25) is 0 Å². The maximum absolute atomic E-state index is 13.2. The van der Waals surface area contributed by atoms with E-state index in [-0.39, 0.29) is 12.2 Å². The van der Waals surface area contributed by atoms with E-state index >= 15 is 0 Å². The first-order chi connectivity index (χ1) is 9.07. The van der Waals surface area contributed by atoms with Crippen LogP contribution in [0.5, 0.6) is 0 Å². The molecule has 1 atom stereocenters. The van der Waals surface area contributed by atoms with Gasteiger partial charge in [-0.25, -0.2) is 4.39 Å². The van der Waals surface area contributed by atoms with Crippen molar-refractivity contribution in [3.05, 3.63) is 34.6 Å². The second kappa shape index (κ2) is 6.18. The highest BCUT2D eigenvalue weighted by Crippen LogP contribution is 2.31. The molecule has 0 spiro atoms. The Bertz CT molecular complexity index is 433. The summed E-state index contributed by atoms with van der Waals surface area (Å²) in [5.41, 5.74) is -0.0365. The molecule has 0 aromatic heterocycles. The fourth-order valence-electron chi connectivity index (χ4n) is 2.48. The quantitative estimate of drug-likeness (QED) is 0.925. The van der Waals surface area contributed by atoms with Crippen LogP contribution in [0.4, 0.5) is 4.39 Å². The van der Waals surface area contributed by atoms with Crippen molar-refractivity contribution < 1.29 is 19.0 Å². The van der Waals surface area contributed by atoms with E-state index in [1.54, 1.807) is 7.11 Å². The zero-order chi connectivity index (χ0) is 13.9. The van der Waals surface area contributed by atoms with Crippen molar-refractivity contribution in [2.75, 3.05) is 20.3 Å². The van der Waals surface area contributed by atoms with Gasteiger partial charge in [-0.05, 0) is 23.8 Å². The summed E-state index contributed by atoms with van der Waals surface area (Å²) in [6.07, 6.45) is 0.778. The van der Waals surface area contributed by atoms with Gasteiger partial charge in [0.15, 0.2) is 0 Å². The van der Waals surface area contributed by atoms with Gasteiger partial charge in [0.25, 0.3) is 0 Å². The zero-order valence-electron chi connectivity index (χ0n) is 10.9. The summed E-state index contributed by atoms with van der Waals surface area (Å²) in [5.74, 6) is -0.356. The second-order valence-electron chi connectivity index (χ2n) is 4.84. The van der Waals surface area contributed by atoms with Crippen LogP contribution >= 0.6 is 11.6 Å². The monoisotopic (exact) mass is 288 g/mol. The lowest BCUT2D eigenvalue weighted by Crippen LogP contribution is -2.49. The maximum Gasteiger partial charge on any atom is 0.123 e. The van der Waals surface area contributed by atoms with Crippen LogP contribution in [0, 0.1) is 5.82 Å². The number of ether oxygens (including phenoxy) is 2. The van der Waals surface area contributed by atoms with E-state index in [1.165, 1.54) is 18.2 Å². The van der Waals surface area contributed by atoms with Crippen LogP contribution in [0.15, 0.2) is 18.2 Å². The number of hydrogen-bond acceptors (Lipinski definition) is 3. The minimum absolute atomic E-state index is 0.268. The molecule has 2 rings (SSSR count). The molecule has 5 heteroatoms. The van der Waals surface area contributed by atoms with Gasteiger partial charge in [0.1, 0.15) is 5.82 Å². The summed E-state index contributed by atoms with van der Waals surface area (Å²) in [5, 5.41) is 10.9. The molecule has 0 radical (unpaired) electrons. The Morgan fingerprint density at radius 1 is 1.47 bits per heavy atom. The van der Waals surface area contributed by atoms with E-state index in [4.69, 9.17) is 21.1 Å². The van der Waals surface area contributed by atoms with Crippen LogP contribution in [0.2, 0.25) is 5.02 Å². The number of methoxy groups -OCH3 is 1. The molecule has 0 bridgehead atoms. The third-order valence-electron chi connectivity index (χ3n) is 3.77. The van der Waals surface area contributed by atoms with Crippen LogP contribution in [-0.2, 0) is 15.9 Å². The highest BCUT2D eigenvalue weighted by atomic mass is 35.5. The molecule has 1 aliphatic rings. The Morgan fingerprint density at radius 3 is 2.79 bits per heavy atom. The highest BCUT2D eigenvalue weighted by molar-refractivity contribution is 6.31. The molecule has 0 aliphatic carbocycles. The van der Waals surface area contributed by atoms with Gasteiger partial charge in [-0.3, -0.25) is 0 Å². The molecule has 1 aliphatic heterocycles. The van der Waals surface area contributed by atoms with Crippen LogP contribution in [0.1, 0.15) is 18.4 Å². The van der Waals surface area contributed by atoms with Crippen molar-refractivity contribution in [1.82, 2.24) is 0 Å². The minimum Gasteiger partial charge on any atom is -0.390 e. The Morgan fingerprint density at radius 2 is 2.16 bits per heavy atom. The standard InChI is InChI=1S/C14H18ClFO3/c1-18-14(4-6-19-7-5-14)13(17)9-10-8-11(16)2-3-12(10)15/h2-3,8,13,17H,4-7,9H2,1H3. The van der Waals surface area contributed by atoms with Crippen LogP contribution in [-0.4, -0.2) is 37.1 Å².